The number of alkyl carbamates (subject to hydrolysis) is 1. The number of aliphatic hydroxyl groups is 2. The Bertz CT molecular complexity index is 540. The van der Waals surface area contributed by atoms with Crippen LogP contribution in [0.25, 0.3) is 0 Å². The molecule has 1 rings (SSSR count). The topological polar surface area (TPSA) is 129 Å². The van der Waals surface area contributed by atoms with Crippen molar-refractivity contribution in [1.82, 2.24) is 5.32 Å². The molecule has 1 aromatic carbocycles. The van der Waals surface area contributed by atoms with Crippen molar-refractivity contribution in [3.05, 3.63) is 35.4 Å². The van der Waals surface area contributed by atoms with Crippen LogP contribution in [0.15, 0.2) is 24.3 Å². The van der Waals surface area contributed by atoms with Gasteiger partial charge in [-0.2, -0.15) is 0 Å². The van der Waals surface area contributed by atoms with E-state index in [0.717, 1.165) is 0 Å². The lowest BCUT2D eigenvalue weighted by Crippen LogP contribution is -2.38. The van der Waals surface area contributed by atoms with Gasteiger partial charge in [0.05, 0.1) is 0 Å². The Hall–Kier alpha value is -2.12. The Balaban J connectivity index is 2.62. The first-order valence-corrected chi connectivity index (χ1v) is 6.87. The first-order chi connectivity index (χ1) is 10.1. The maximum atomic E-state index is 11.5. The number of amides is 1. The molecule has 0 heterocycles. The van der Waals surface area contributed by atoms with Gasteiger partial charge in [0.25, 0.3) is 0 Å². The summed E-state index contributed by atoms with van der Waals surface area (Å²) in [6.45, 7) is 5.02. The molecule has 0 bridgehead atoms. The number of hydrogen-bond acceptors (Lipinski definition) is 5. The second kappa shape index (κ2) is 7.24. The van der Waals surface area contributed by atoms with Gasteiger partial charge in [-0.15, -0.1) is 0 Å². The van der Waals surface area contributed by atoms with Gasteiger partial charge < -0.3 is 26.0 Å². The monoisotopic (exact) mass is 309 g/mol. The highest BCUT2D eigenvalue weighted by Crippen LogP contribution is 2.18. The number of ether oxygens (including phenoxy) is 1. The van der Waals surface area contributed by atoms with Crippen LogP contribution in [0.1, 0.15) is 38.0 Å². The van der Waals surface area contributed by atoms with Crippen molar-refractivity contribution in [3.63, 3.8) is 0 Å². The second-order valence-electron chi connectivity index (χ2n) is 5.93. The number of hydrogen-bond donors (Lipinski definition) is 5. The molecule has 122 valence electrons. The van der Waals surface area contributed by atoms with E-state index >= 15 is 0 Å². The highest BCUT2D eigenvalue weighted by Gasteiger charge is 2.21. The van der Waals surface area contributed by atoms with Gasteiger partial charge in [0.2, 0.25) is 0 Å². The minimum absolute atomic E-state index is 0.129. The number of carbonyl (C=O) groups excluding carboxylic acids is 1. The Kier molecular flexibility index (Phi) is 5.90. The molecule has 22 heavy (non-hydrogen) atoms. The van der Waals surface area contributed by atoms with Gasteiger partial charge in [-0.05, 0) is 32.4 Å². The van der Waals surface area contributed by atoms with E-state index in [-0.39, 0.29) is 12.4 Å². The number of nitrogens with one attached hydrogen (secondary N) is 2. The van der Waals surface area contributed by atoms with Crippen LogP contribution in [-0.2, 0) is 4.74 Å². The molecule has 0 aliphatic heterocycles. The van der Waals surface area contributed by atoms with Crippen molar-refractivity contribution in [2.75, 3.05) is 6.54 Å². The maximum absolute atomic E-state index is 11.5. The fourth-order valence-electron chi connectivity index (χ4n) is 1.73. The van der Waals surface area contributed by atoms with Crippen molar-refractivity contribution in [3.8, 4) is 0 Å². The number of rotatable bonds is 5. The van der Waals surface area contributed by atoms with Crippen LogP contribution >= 0.6 is 0 Å². The average Bonchev–Trinajstić information content (AvgIpc) is 2.42. The highest BCUT2D eigenvalue weighted by molar-refractivity contribution is 5.95. The van der Waals surface area contributed by atoms with Crippen LogP contribution in [-0.4, -0.2) is 40.4 Å². The fourth-order valence-corrected chi connectivity index (χ4v) is 1.73. The molecule has 0 aromatic heterocycles. The summed E-state index contributed by atoms with van der Waals surface area (Å²) >= 11 is 0. The van der Waals surface area contributed by atoms with Gasteiger partial charge in [0.15, 0.2) is 0 Å². The molecular weight excluding hydrogens is 286 g/mol. The SMILES string of the molecule is CC(C)(C)OC(=O)NCC(O)C(O)c1cccc(C(=N)N)c1. The van der Waals surface area contributed by atoms with Gasteiger partial charge in [0, 0.05) is 12.1 Å². The van der Waals surface area contributed by atoms with Gasteiger partial charge in [-0.1, -0.05) is 18.2 Å². The number of benzene rings is 1. The summed E-state index contributed by atoms with van der Waals surface area (Å²) in [5.74, 6) is -0.129. The third-order valence-electron chi connectivity index (χ3n) is 2.76. The number of amidine groups is 1. The van der Waals surface area contributed by atoms with Gasteiger partial charge >= 0.3 is 6.09 Å². The normalized spacial score (nSPS) is 14.0. The maximum Gasteiger partial charge on any atom is 0.407 e. The lowest BCUT2D eigenvalue weighted by molar-refractivity contribution is 0.0129. The summed E-state index contributed by atoms with van der Waals surface area (Å²) in [7, 11) is 0. The zero-order valence-corrected chi connectivity index (χ0v) is 13.0. The zero-order chi connectivity index (χ0) is 16.9. The Morgan fingerprint density at radius 1 is 1.41 bits per heavy atom. The molecule has 0 saturated heterocycles. The lowest BCUT2D eigenvalue weighted by Gasteiger charge is -2.22. The van der Waals surface area contributed by atoms with E-state index in [2.05, 4.69) is 5.32 Å². The van der Waals surface area contributed by atoms with E-state index in [1.165, 1.54) is 6.07 Å². The molecule has 1 aromatic rings. The van der Waals surface area contributed by atoms with Crippen LogP contribution in [0.5, 0.6) is 0 Å². The second-order valence-corrected chi connectivity index (χ2v) is 5.93. The van der Waals surface area contributed by atoms with E-state index in [4.69, 9.17) is 15.9 Å². The summed E-state index contributed by atoms with van der Waals surface area (Å²) in [6.07, 6.45) is -3.10. The van der Waals surface area contributed by atoms with E-state index in [0.29, 0.717) is 11.1 Å². The summed E-state index contributed by atoms with van der Waals surface area (Å²) in [4.78, 5) is 11.5. The average molecular weight is 309 g/mol. The van der Waals surface area contributed by atoms with Crippen molar-refractivity contribution in [1.29, 1.82) is 5.41 Å². The Morgan fingerprint density at radius 2 is 2.05 bits per heavy atom. The lowest BCUT2D eigenvalue weighted by atomic mass is 10.0. The predicted octanol–water partition coefficient (Wildman–Crippen LogP) is 0.890. The van der Waals surface area contributed by atoms with Gasteiger partial charge in [-0.3, -0.25) is 5.41 Å². The third-order valence-corrected chi connectivity index (χ3v) is 2.76. The van der Waals surface area contributed by atoms with Gasteiger partial charge in [0.1, 0.15) is 23.6 Å². The van der Waals surface area contributed by atoms with Crippen molar-refractivity contribution < 1.29 is 19.7 Å². The molecule has 6 N–H and O–H groups in total. The number of carbonyl (C=O) groups is 1. The van der Waals surface area contributed by atoms with E-state index in [1.54, 1.807) is 39.0 Å². The summed E-state index contributed by atoms with van der Waals surface area (Å²) in [5, 5.41) is 29.8. The van der Waals surface area contributed by atoms with Crippen molar-refractivity contribution in [2.24, 2.45) is 5.73 Å². The minimum atomic E-state index is -1.21. The van der Waals surface area contributed by atoms with E-state index < -0.39 is 23.9 Å². The number of nitrogens with two attached hydrogens (primary N) is 1. The zero-order valence-electron chi connectivity index (χ0n) is 13.0. The summed E-state index contributed by atoms with van der Waals surface area (Å²) in [5.41, 5.74) is 5.60. The van der Waals surface area contributed by atoms with Crippen molar-refractivity contribution >= 4 is 11.9 Å². The largest absolute Gasteiger partial charge is 0.444 e. The molecule has 7 nitrogen and oxygen atoms in total. The van der Waals surface area contributed by atoms with Crippen LogP contribution in [0, 0.1) is 5.41 Å². The molecule has 0 fully saturated rings. The first-order valence-electron chi connectivity index (χ1n) is 6.87. The molecule has 0 aliphatic rings. The molecule has 2 unspecified atom stereocenters. The van der Waals surface area contributed by atoms with E-state index in [1.807, 2.05) is 0 Å². The van der Waals surface area contributed by atoms with Crippen molar-refractivity contribution in [2.45, 2.75) is 38.6 Å². The van der Waals surface area contributed by atoms with Crippen LogP contribution < -0.4 is 11.1 Å². The molecule has 2 atom stereocenters. The summed E-state index contributed by atoms with van der Waals surface area (Å²) in [6, 6.07) is 6.38. The summed E-state index contributed by atoms with van der Waals surface area (Å²) < 4.78 is 5.04. The number of nitrogen functional groups attached to an aromatic ring is 1. The molecular formula is C15H23N3O4. The smallest absolute Gasteiger partial charge is 0.407 e. The fraction of sp³-hybridized carbons (Fsp3) is 0.467. The minimum Gasteiger partial charge on any atom is -0.444 e. The Labute approximate surface area is 129 Å². The molecule has 1 amide bonds. The third kappa shape index (κ3) is 5.71. The predicted molar refractivity (Wildman–Crippen MR) is 82.7 cm³/mol. The molecule has 0 saturated carbocycles. The molecule has 0 aliphatic carbocycles. The van der Waals surface area contributed by atoms with E-state index in [9.17, 15) is 15.0 Å². The highest BCUT2D eigenvalue weighted by atomic mass is 16.6. The quantitative estimate of drug-likeness (QED) is 0.407. The standard InChI is InChI=1S/C15H23N3O4/c1-15(2,3)22-14(21)18-8-11(19)12(20)9-5-4-6-10(7-9)13(16)17/h4-7,11-12,19-20H,8H2,1-3H3,(H3,16,17)(H,18,21). The molecule has 7 heteroatoms. The van der Waals surface area contributed by atoms with Crippen LogP contribution in [0.3, 0.4) is 0 Å². The van der Waals surface area contributed by atoms with Crippen LogP contribution in [0.2, 0.25) is 0 Å². The first kappa shape index (κ1) is 17.9. The molecule has 0 radical (unpaired) electrons. The van der Waals surface area contributed by atoms with Gasteiger partial charge in [-0.25, -0.2) is 4.79 Å². The Morgan fingerprint density at radius 3 is 2.59 bits per heavy atom. The van der Waals surface area contributed by atoms with Crippen LogP contribution in [0.4, 0.5) is 4.79 Å². The molecule has 0 spiro atoms. The number of aliphatic hydroxyl groups excluding tert-OH is 2.